The van der Waals surface area contributed by atoms with Gasteiger partial charge in [-0.25, -0.2) is 4.39 Å². The summed E-state index contributed by atoms with van der Waals surface area (Å²) in [7, 11) is 5.07. The highest BCUT2D eigenvalue weighted by molar-refractivity contribution is 5.81. The van der Waals surface area contributed by atoms with Crippen LogP contribution in [-0.4, -0.2) is 56.0 Å². The molecule has 1 amide bonds. The monoisotopic (exact) mass is 308 g/mol. The highest BCUT2D eigenvalue weighted by Gasteiger charge is 2.30. The Bertz CT molecular complexity index is 519. The quantitative estimate of drug-likeness (QED) is 0.808. The van der Waals surface area contributed by atoms with Crippen LogP contribution in [0.5, 0.6) is 5.75 Å². The zero-order valence-electron chi connectivity index (χ0n) is 13.6. The third-order valence-electron chi connectivity index (χ3n) is 4.22. The summed E-state index contributed by atoms with van der Waals surface area (Å²) < 4.78 is 18.6. The Hall–Kier alpha value is -1.62. The molecule has 1 saturated heterocycles. The van der Waals surface area contributed by atoms with Gasteiger partial charge in [0.05, 0.1) is 13.2 Å². The van der Waals surface area contributed by atoms with E-state index in [9.17, 15) is 9.18 Å². The summed E-state index contributed by atoms with van der Waals surface area (Å²) in [5.41, 5.74) is 0.966. The first-order valence-corrected chi connectivity index (χ1v) is 7.80. The minimum absolute atomic E-state index is 0.0163. The molecule has 0 bridgehead atoms. The molecular formula is C17H25FN2O2. The third kappa shape index (κ3) is 3.97. The maximum absolute atomic E-state index is 13.6. The van der Waals surface area contributed by atoms with Crippen LogP contribution in [0.4, 0.5) is 4.39 Å². The van der Waals surface area contributed by atoms with Crippen LogP contribution < -0.4 is 4.74 Å². The van der Waals surface area contributed by atoms with E-state index >= 15 is 0 Å². The highest BCUT2D eigenvalue weighted by atomic mass is 19.1. The van der Waals surface area contributed by atoms with Gasteiger partial charge in [0.15, 0.2) is 11.6 Å². The van der Waals surface area contributed by atoms with E-state index in [1.54, 1.807) is 25.1 Å². The molecule has 1 fully saturated rings. The summed E-state index contributed by atoms with van der Waals surface area (Å²) in [6.07, 6.45) is 3.73. The van der Waals surface area contributed by atoms with Gasteiger partial charge in [-0.1, -0.05) is 6.07 Å². The van der Waals surface area contributed by atoms with Gasteiger partial charge in [-0.2, -0.15) is 0 Å². The lowest BCUT2D eigenvalue weighted by Crippen LogP contribution is -2.43. The van der Waals surface area contributed by atoms with Gasteiger partial charge in [-0.15, -0.1) is 0 Å². The Labute approximate surface area is 131 Å². The molecule has 1 atom stereocenters. The number of hydrogen-bond donors (Lipinski definition) is 0. The number of hydrogen-bond acceptors (Lipinski definition) is 3. The largest absolute Gasteiger partial charge is 0.494 e. The van der Waals surface area contributed by atoms with Gasteiger partial charge < -0.3 is 9.64 Å². The van der Waals surface area contributed by atoms with E-state index in [0.29, 0.717) is 0 Å². The number of amides is 1. The molecule has 5 heteroatoms. The molecule has 0 N–H and O–H groups in total. The first-order valence-electron chi connectivity index (χ1n) is 7.80. The number of likely N-dealkylation sites (N-methyl/N-ethyl adjacent to an activating group) is 1. The number of likely N-dealkylation sites (tertiary alicyclic amines) is 1. The number of methoxy groups -OCH3 is 1. The Morgan fingerprint density at radius 2 is 2.23 bits per heavy atom. The van der Waals surface area contributed by atoms with Crippen LogP contribution in [0.2, 0.25) is 0 Å². The van der Waals surface area contributed by atoms with Crippen molar-refractivity contribution in [2.45, 2.75) is 31.7 Å². The van der Waals surface area contributed by atoms with E-state index in [-0.39, 0.29) is 23.5 Å². The fourth-order valence-electron chi connectivity index (χ4n) is 3.02. The fourth-order valence-corrected chi connectivity index (χ4v) is 3.02. The minimum atomic E-state index is -0.318. The number of benzene rings is 1. The van der Waals surface area contributed by atoms with E-state index in [0.717, 1.165) is 44.3 Å². The second kappa shape index (κ2) is 7.58. The Morgan fingerprint density at radius 1 is 1.45 bits per heavy atom. The van der Waals surface area contributed by atoms with Crippen molar-refractivity contribution in [3.63, 3.8) is 0 Å². The molecule has 0 spiro atoms. The standard InChI is InChI=1S/C17H25FN2O2/c1-19(2)17(21)15-7-5-11-20(15)10-4-6-13-8-9-16(22-3)14(18)12-13/h8-9,12,15H,4-7,10-11H2,1-3H3/t15-/m1/s1. The zero-order chi connectivity index (χ0) is 16.1. The van der Waals surface area contributed by atoms with Crippen molar-refractivity contribution in [3.05, 3.63) is 29.6 Å². The molecule has 2 rings (SSSR count). The SMILES string of the molecule is COc1ccc(CCCN2CCC[C@@H]2C(=O)N(C)C)cc1F. The molecule has 4 nitrogen and oxygen atoms in total. The van der Waals surface area contributed by atoms with Gasteiger partial charge >= 0.3 is 0 Å². The number of carbonyl (C=O) groups excluding carboxylic acids is 1. The topological polar surface area (TPSA) is 32.8 Å². The molecule has 122 valence electrons. The molecule has 1 heterocycles. The Balaban J connectivity index is 1.85. The normalized spacial score (nSPS) is 18.5. The number of rotatable bonds is 6. The van der Waals surface area contributed by atoms with Crippen LogP contribution in [0.15, 0.2) is 18.2 Å². The first kappa shape index (κ1) is 16.7. The Kier molecular flexibility index (Phi) is 5.77. The Morgan fingerprint density at radius 3 is 2.86 bits per heavy atom. The fraction of sp³-hybridized carbons (Fsp3) is 0.588. The summed E-state index contributed by atoms with van der Waals surface area (Å²) in [6.45, 7) is 1.85. The average molecular weight is 308 g/mol. The molecule has 1 aromatic carbocycles. The van der Waals surface area contributed by atoms with Crippen LogP contribution in [0.1, 0.15) is 24.8 Å². The number of ether oxygens (including phenoxy) is 1. The minimum Gasteiger partial charge on any atom is -0.494 e. The average Bonchev–Trinajstić information content (AvgIpc) is 2.95. The maximum atomic E-state index is 13.6. The van der Waals surface area contributed by atoms with Crippen molar-refractivity contribution in [1.82, 2.24) is 9.80 Å². The zero-order valence-corrected chi connectivity index (χ0v) is 13.6. The van der Waals surface area contributed by atoms with Gasteiger partial charge in [0.25, 0.3) is 0 Å². The van der Waals surface area contributed by atoms with Crippen molar-refractivity contribution in [1.29, 1.82) is 0 Å². The van der Waals surface area contributed by atoms with Crippen LogP contribution >= 0.6 is 0 Å². The summed E-state index contributed by atoms with van der Waals surface area (Å²) in [4.78, 5) is 16.0. The van der Waals surface area contributed by atoms with E-state index in [1.807, 2.05) is 6.07 Å². The van der Waals surface area contributed by atoms with Crippen LogP contribution in [0, 0.1) is 5.82 Å². The molecular weight excluding hydrogens is 283 g/mol. The molecule has 1 aliphatic heterocycles. The lowest BCUT2D eigenvalue weighted by Gasteiger charge is -2.26. The van der Waals surface area contributed by atoms with Crippen molar-refractivity contribution < 1.29 is 13.9 Å². The van der Waals surface area contributed by atoms with Crippen molar-refractivity contribution in [2.24, 2.45) is 0 Å². The second-order valence-corrected chi connectivity index (χ2v) is 6.00. The molecule has 0 saturated carbocycles. The van der Waals surface area contributed by atoms with E-state index in [4.69, 9.17) is 4.74 Å². The summed E-state index contributed by atoms with van der Waals surface area (Å²) in [6, 6.07) is 5.11. The van der Waals surface area contributed by atoms with E-state index in [1.165, 1.54) is 13.2 Å². The molecule has 1 aliphatic rings. The van der Waals surface area contributed by atoms with Crippen LogP contribution in [0.3, 0.4) is 0 Å². The van der Waals surface area contributed by atoms with Gasteiger partial charge in [0, 0.05) is 14.1 Å². The number of halogens is 1. The summed E-state index contributed by atoms with van der Waals surface area (Å²) in [5.74, 6) is 0.148. The van der Waals surface area contributed by atoms with Crippen molar-refractivity contribution in [3.8, 4) is 5.75 Å². The molecule has 0 aromatic heterocycles. The number of carbonyl (C=O) groups is 1. The molecule has 0 radical (unpaired) electrons. The van der Waals surface area contributed by atoms with Gasteiger partial charge in [0.1, 0.15) is 0 Å². The summed E-state index contributed by atoms with van der Waals surface area (Å²) in [5, 5.41) is 0. The first-order chi connectivity index (χ1) is 10.5. The summed E-state index contributed by atoms with van der Waals surface area (Å²) >= 11 is 0. The van der Waals surface area contributed by atoms with Crippen molar-refractivity contribution >= 4 is 5.91 Å². The van der Waals surface area contributed by atoms with Gasteiger partial charge in [-0.3, -0.25) is 9.69 Å². The third-order valence-corrected chi connectivity index (χ3v) is 4.22. The highest BCUT2D eigenvalue weighted by Crippen LogP contribution is 2.21. The van der Waals surface area contributed by atoms with Crippen molar-refractivity contribution in [2.75, 3.05) is 34.3 Å². The molecule has 0 unspecified atom stereocenters. The van der Waals surface area contributed by atoms with Gasteiger partial charge in [0.2, 0.25) is 5.91 Å². The van der Waals surface area contributed by atoms with Gasteiger partial charge in [-0.05, 0) is 56.5 Å². The molecule has 1 aromatic rings. The van der Waals surface area contributed by atoms with Crippen LogP contribution in [0.25, 0.3) is 0 Å². The maximum Gasteiger partial charge on any atom is 0.239 e. The molecule has 0 aliphatic carbocycles. The van der Waals surface area contributed by atoms with E-state index in [2.05, 4.69) is 4.90 Å². The smallest absolute Gasteiger partial charge is 0.239 e. The predicted molar refractivity (Wildman–Crippen MR) is 84.6 cm³/mol. The lowest BCUT2D eigenvalue weighted by molar-refractivity contribution is -0.133. The molecule has 22 heavy (non-hydrogen) atoms. The van der Waals surface area contributed by atoms with Crippen LogP contribution in [-0.2, 0) is 11.2 Å². The number of aryl methyl sites for hydroxylation is 1. The predicted octanol–water partition coefficient (Wildman–Crippen LogP) is 2.32. The lowest BCUT2D eigenvalue weighted by atomic mass is 10.1. The second-order valence-electron chi connectivity index (χ2n) is 6.00. The van der Waals surface area contributed by atoms with E-state index < -0.39 is 0 Å². The number of nitrogens with zero attached hydrogens (tertiary/aromatic N) is 2.